The highest BCUT2D eigenvalue weighted by Crippen LogP contribution is 2.41. The van der Waals surface area contributed by atoms with Crippen LogP contribution in [0, 0.1) is 5.92 Å². The van der Waals surface area contributed by atoms with Gasteiger partial charge in [-0.3, -0.25) is 9.59 Å². The lowest BCUT2D eigenvalue weighted by atomic mass is 9.79. The first kappa shape index (κ1) is 16.1. The van der Waals surface area contributed by atoms with Crippen LogP contribution in [-0.4, -0.2) is 24.0 Å². The molecule has 1 aliphatic rings. The lowest BCUT2D eigenvalue weighted by Crippen LogP contribution is -2.48. The van der Waals surface area contributed by atoms with Crippen LogP contribution in [0.4, 0.5) is 18.9 Å². The number of alkyl halides is 3. The Bertz CT molecular complexity index is 593. The summed E-state index contributed by atoms with van der Waals surface area (Å²) in [5, 5.41) is 5.07. The maximum Gasteiger partial charge on any atom is 0.391 e. The summed E-state index contributed by atoms with van der Waals surface area (Å²) in [6, 6.07) is 5.69. The third kappa shape index (κ3) is 3.87. The van der Waals surface area contributed by atoms with Crippen molar-refractivity contribution in [2.45, 2.75) is 25.1 Å². The number of carbonyl (C=O) groups is 2. The number of rotatable bonds is 4. The lowest BCUT2D eigenvalue weighted by molar-refractivity contribution is -0.198. The Balaban J connectivity index is 1.92. The van der Waals surface area contributed by atoms with Crippen molar-refractivity contribution in [3.05, 3.63) is 42.5 Å². The number of hydrogen-bond acceptors (Lipinski definition) is 2. The van der Waals surface area contributed by atoms with Crippen LogP contribution in [0.25, 0.3) is 0 Å². The number of hydrogen-bond donors (Lipinski definition) is 2. The molecular formula is C15H15F3N2O2. The highest BCUT2D eigenvalue weighted by molar-refractivity contribution is 6.00. The van der Waals surface area contributed by atoms with Gasteiger partial charge in [-0.05, 0) is 37.1 Å². The van der Waals surface area contributed by atoms with Crippen molar-refractivity contribution in [2.75, 3.05) is 5.32 Å². The molecule has 2 amide bonds. The van der Waals surface area contributed by atoms with E-state index in [2.05, 4.69) is 17.2 Å². The van der Waals surface area contributed by atoms with Crippen molar-refractivity contribution in [3.8, 4) is 0 Å². The van der Waals surface area contributed by atoms with E-state index in [1.54, 1.807) is 12.1 Å². The van der Waals surface area contributed by atoms with Crippen LogP contribution >= 0.6 is 0 Å². The van der Waals surface area contributed by atoms with Crippen LogP contribution in [0.15, 0.2) is 36.9 Å². The average molecular weight is 312 g/mol. The fraction of sp³-hybridized carbons (Fsp3) is 0.333. The van der Waals surface area contributed by atoms with E-state index in [-0.39, 0.29) is 18.4 Å². The molecule has 0 saturated heterocycles. The number of amides is 2. The predicted octanol–water partition coefficient (Wildman–Crippen LogP) is 2.88. The molecule has 1 fully saturated rings. The summed E-state index contributed by atoms with van der Waals surface area (Å²) in [4.78, 5) is 23.2. The Morgan fingerprint density at radius 3 is 2.55 bits per heavy atom. The standard InChI is InChI=1S/C15H15F3N2O2/c1-2-13(21)19-11-5-3-4-9(6-11)14(22)20-12-7-10(8-12)15(16,17)18/h2-6,10,12H,1,7-8H2,(H,19,21)(H,20,22). The van der Waals surface area contributed by atoms with Crippen LogP contribution in [0.2, 0.25) is 0 Å². The van der Waals surface area contributed by atoms with Gasteiger partial charge in [-0.15, -0.1) is 0 Å². The second-order valence-corrected chi connectivity index (χ2v) is 5.15. The molecule has 22 heavy (non-hydrogen) atoms. The molecule has 1 aromatic carbocycles. The van der Waals surface area contributed by atoms with E-state index in [9.17, 15) is 22.8 Å². The first-order valence-electron chi connectivity index (χ1n) is 6.70. The highest BCUT2D eigenvalue weighted by Gasteiger charge is 2.48. The zero-order valence-electron chi connectivity index (χ0n) is 11.6. The topological polar surface area (TPSA) is 58.2 Å². The molecule has 2 N–H and O–H groups in total. The third-order valence-corrected chi connectivity index (χ3v) is 3.51. The first-order valence-corrected chi connectivity index (χ1v) is 6.70. The van der Waals surface area contributed by atoms with E-state index in [1.807, 2.05) is 0 Å². The molecule has 0 bridgehead atoms. The van der Waals surface area contributed by atoms with E-state index in [4.69, 9.17) is 0 Å². The molecule has 1 saturated carbocycles. The molecule has 0 aromatic heterocycles. The minimum atomic E-state index is -4.20. The molecule has 1 aromatic rings. The van der Waals surface area contributed by atoms with Crippen LogP contribution in [0.1, 0.15) is 23.2 Å². The van der Waals surface area contributed by atoms with Crippen molar-refractivity contribution >= 4 is 17.5 Å². The van der Waals surface area contributed by atoms with Gasteiger partial charge in [0.15, 0.2) is 0 Å². The van der Waals surface area contributed by atoms with Gasteiger partial charge in [0, 0.05) is 17.3 Å². The maximum absolute atomic E-state index is 12.4. The second kappa shape index (κ2) is 6.21. The number of benzene rings is 1. The van der Waals surface area contributed by atoms with Gasteiger partial charge in [0.1, 0.15) is 0 Å². The van der Waals surface area contributed by atoms with E-state index in [0.29, 0.717) is 5.69 Å². The van der Waals surface area contributed by atoms with Crippen molar-refractivity contribution in [1.82, 2.24) is 5.32 Å². The Morgan fingerprint density at radius 2 is 1.95 bits per heavy atom. The molecule has 7 heteroatoms. The summed E-state index contributed by atoms with van der Waals surface area (Å²) in [6.07, 6.45) is -3.29. The number of carbonyl (C=O) groups excluding carboxylic acids is 2. The van der Waals surface area contributed by atoms with Gasteiger partial charge >= 0.3 is 6.18 Å². The summed E-state index contributed by atoms with van der Waals surface area (Å²) < 4.78 is 37.1. The molecule has 1 aliphatic carbocycles. The quantitative estimate of drug-likeness (QED) is 0.840. The Labute approximate surface area is 125 Å². The summed E-state index contributed by atoms with van der Waals surface area (Å²) in [5.74, 6) is -2.21. The largest absolute Gasteiger partial charge is 0.391 e. The Kier molecular flexibility index (Phi) is 4.54. The number of nitrogens with one attached hydrogen (secondary N) is 2. The minimum absolute atomic E-state index is 0.0951. The van der Waals surface area contributed by atoms with Gasteiger partial charge in [0.25, 0.3) is 5.91 Å². The van der Waals surface area contributed by atoms with Gasteiger partial charge in [0.2, 0.25) is 5.91 Å². The number of anilines is 1. The zero-order chi connectivity index (χ0) is 16.3. The minimum Gasteiger partial charge on any atom is -0.349 e. The molecule has 0 spiro atoms. The predicted molar refractivity (Wildman–Crippen MR) is 75.3 cm³/mol. The fourth-order valence-electron chi connectivity index (χ4n) is 2.20. The smallest absolute Gasteiger partial charge is 0.349 e. The summed E-state index contributed by atoms with van der Waals surface area (Å²) in [7, 11) is 0. The van der Waals surface area contributed by atoms with E-state index < -0.39 is 30.0 Å². The van der Waals surface area contributed by atoms with Crippen LogP contribution in [0.3, 0.4) is 0 Å². The normalized spacial score (nSPS) is 20.7. The highest BCUT2D eigenvalue weighted by atomic mass is 19.4. The lowest BCUT2D eigenvalue weighted by Gasteiger charge is -2.36. The average Bonchev–Trinajstić information content (AvgIpc) is 2.40. The van der Waals surface area contributed by atoms with Crippen LogP contribution < -0.4 is 10.6 Å². The summed E-state index contributed by atoms with van der Waals surface area (Å²) in [5.41, 5.74) is 0.691. The molecule has 2 rings (SSSR count). The van der Waals surface area contributed by atoms with Gasteiger partial charge < -0.3 is 10.6 Å². The van der Waals surface area contributed by atoms with Gasteiger partial charge in [-0.1, -0.05) is 12.6 Å². The monoisotopic (exact) mass is 312 g/mol. The molecule has 0 atom stereocenters. The maximum atomic E-state index is 12.4. The number of halogens is 3. The molecule has 4 nitrogen and oxygen atoms in total. The van der Waals surface area contributed by atoms with Crippen molar-refractivity contribution < 1.29 is 22.8 Å². The Hall–Kier alpha value is -2.31. The van der Waals surface area contributed by atoms with Crippen molar-refractivity contribution in [3.63, 3.8) is 0 Å². The summed E-state index contributed by atoms with van der Waals surface area (Å²) >= 11 is 0. The van der Waals surface area contributed by atoms with E-state index in [0.717, 1.165) is 6.08 Å². The van der Waals surface area contributed by atoms with Crippen molar-refractivity contribution in [1.29, 1.82) is 0 Å². The zero-order valence-corrected chi connectivity index (χ0v) is 11.6. The van der Waals surface area contributed by atoms with Crippen molar-refractivity contribution in [2.24, 2.45) is 5.92 Å². The van der Waals surface area contributed by atoms with Gasteiger partial charge in [-0.2, -0.15) is 13.2 Å². The molecule has 0 radical (unpaired) electrons. The molecule has 118 valence electrons. The van der Waals surface area contributed by atoms with E-state index >= 15 is 0 Å². The first-order chi connectivity index (χ1) is 10.3. The SMILES string of the molecule is C=CC(=O)Nc1cccc(C(=O)NC2CC(C(F)(F)F)C2)c1. The fourth-order valence-corrected chi connectivity index (χ4v) is 2.20. The molecule has 0 aliphatic heterocycles. The molecular weight excluding hydrogens is 297 g/mol. The second-order valence-electron chi connectivity index (χ2n) is 5.15. The summed E-state index contributed by atoms with van der Waals surface area (Å²) in [6.45, 7) is 3.32. The van der Waals surface area contributed by atoms with Gasteiger partial charge in [0.05, 0.1) is 5.92 Å². The molecule has 0 heterocycles. The van der Waals surface area contributed by atoms with Crippen LogP contribution in [0.5, 0.6) is 0 Å². The third-order valence-electron chi connectivity index (χ3n) is 3.51. The van der Waals surface area contributed by atoms with Gasteiger partial charge in [-0.25, -0.2) is 0 Å². The van der Waals surface area contributed by atoms with E-state index in [1.165, 1.54) is 12.1 Å². The molecule has 0 unspecified atom stereocenters. The van der Waals surface area contributed by atoms with Crippen LogP contribution in [-0.2, 0) is 4.79 Å². The Morgan fingerprint density at radius 1 is 1.27 bits per heavy atom.